The number of amidine groups is 1. The van der Waals surface area contributed by atoms with E-state index in [0.29, 0.717) is 17.2 Å². The van der Waals surface area contributed by atoms with E-state index < -0.39 is 0 Å². The van der Waals surface area contributed by atoms with Crippen LogP contribution in [0.25, 0.3) is 0 Å². The first-order valence-electron chi connectivity index (χ1n) is 7.47. The Kier molecular flexibility index (Phi) is 6.06. The summed E-state index contributed by atoms with van der Waals surface area (Å²) in [6, 6.07) is 3.63. The van der Waals surface area contributed by atoms with Crippen LogP contribution in [0, 0.1) is 0 Å². The van der Waals surface area contributed by atoms with E-state index in [9.17, 15) is 0 Å². The van der Waals surface area contributed by atoms with E-state index in [1.807, 2.05) is 6.07 Å². The fourth-order valence-electron chi connectivity index (χ4n) is 2.36. The van der Waals surface area contributed by atoms with Crippen molar-refractivity contribution >= 4 is 12.1 Å². The van der Waals surface area contributed by atoms with Crippen LogP contribution in [0.1, 0.15) is 31.2 Å². The lowest BCUT2D eigenvalue weighted by atomic mass is 10.2. The summed E-state index contributed by atoms with van der Waals surface area (Å²) in [6.45, 7) is 0.998. The Hall–Kier alpha value is -2.24. The molecule has 0 fully saturated rings. The fourth-order valence-corrected chi connectivity index (χ4v) is 2.36. The van der Waals surface area contributed by atoms with Gasteiger partial charge in [0.05, 0.1) is 40.5 Å². The first-order chi connectivity index (χ1) is 10.8. The minimum Gasteiger partial charge on any atom is -0.496 e. The molecule has 1 aromatic carbocycles. The zero-order valence-electron chi connectivity index (χ0n) is 13.4. The Morgan fingerprint density at radius 3 is 2.45 bits per heavy atom. The first kappa shape index (κ1) is 16.1. The van der Waals surface area contributed by atoms with Crippen molar-refractivity contribution < 1.29 is 19.2 Å². The molecule has 1 heterocycles. The lowest BCUT2D eigenvalue weighted by Gasteiger charge is -2.11. The summed E-state index contributed by atoms with van der Waals surface area (Å²) in [5, 5.41) is 4.30. The molecule has 0 radical (unpaired) electrons. The quantitative estimate of drug-likeness (QED) is 0.620. The molecule has 0 spiro atoms. The van der Waals surface area contributed by atoms with Crippen LogP contribution in [0.15, 0.2) is 17.2 Å². The monoisotopic (exact) mass is 306 g/mol. The zero-order valence-corrected chi connectivity index (χ0v) is 13.4. The zero-order chi connectivity index (χ0) is 15.8. The highest BCUT2D eigenvalue weighted by atomic mass is 16.5. The van der Waals surface area contributed by atoms with Crippen LogP contribution in [-0.4, -0.2) is 39.9 Å². The summed E-state index contributed by atoms with van der Waals surface area (Å²) >= 11 is 0. The molecule has 6 nitrogen and oxygen atoms in total. The molecule has 2 rings (SSSR count). The van der Waals surface area contributed by atoms with Gasteiger partial charge in [0.1, 0.15) is 5.75 Å². The smallest absolute Gasteiger partial charge is 0.267 e. The van der Waals surface area contributed by atoms with Crippen molar-refractivity contribution in [3.8, 4) is 17.2 Å². The summed E-state index contributed by atoms with van der Waals surface area (Å²) < 4.78 is 15.9. The number of hydrogen-bond donors (Lipinski definition) is 2. The van der Waals surface area contributed by atoms with Gasteiger partial charge in [-0.3, -0.25) is 4.99 Å². The van der Waals surface area contributed by atoms with Gasteiger partial charge in [-0.1, -0.05) is 5.10 Å². The molecule has 1 aliphatic heterocycles. The summed E-state index contributed by atoms with van der Waals surface area (Å²) in [5.74, 6) is 3.02. The molecule has 0 saturated carbocycles. The Bertz CT molecular complexity index is 556. The lowest BCUT2D eigenvalue weighted by molar-refractivity contribution is -0.459. The van der Waals surface area contributed by atoms with E-state index in [1.54, 1.807) is 33.6 Å². The van der Waals surface area contributed by atoms with E-state index in [1.165, 1.54) is 19.3 Å². The summed E-state index contributed by atoms with van der Waals surface area (Å²) in [5.41, 5.74) is 3.90. The Balaban J connectivity index is 2.13. The van der Waals surface area contributed by atoms with Gasteiger partial charge < -0.3 is 14.2 Å². The van der Waals surface area contributed by atoms with Crippen molar-refractivity contribution in [2.24, 2.45) is 5.10 Å². The number of hydrogen-bond acceptors (Lipinski definition) is 5. The first-order valence-corrected chi connectivity index (χ1v) is 7.47. The van der Waals surface area contributed by atoms with Crippen molar-refractivity contribution in [3.05, 3.63) is 17.7 Å². The van der Waals surface area contributed by atoms with E-state index in [4.69, 9.17) is 14.2 Å². The average molecular weight is 306 g/mol. The molecule has 0 unspecified atom stereocenters. The largest absolute Gasteiger partial charge is 0.496 e. The number of rotatable bonds is 5. The molecule has 0 aromatic heterocycles. The Morgan fingerprint density at radius 2 is 1.73 bits per heavy atom. The third kappa shape index (κ3) is 4.13. The van der Waals surface area contributed by atoms with E-state index in [-0.39, 0.29) is 0 Å². The van der Waals surface area contributed by atoms with Crippen molar-refractivity contribution in [1.82, 2.24) is 5.43 Å². The van der Waals surface area contributed by atoms with Gasteiger partial charge in [0, 0.05) is 11.6 Å². The molecule has 2 N–H and O–H groups in total. The second-order valence-corrected chi connectivity index (χ2v) is 5.04. The predicted molar refractivity (Wildman–Crippen MR) is 86.1 cm³/mol. The summed E-state index contributed by atoms with van der Waals surface area (Å²) in [7, 11) is 4.82. The highest BCUT2D eigenvalue weighted by molar-refractivity contribution is 5.86. The number of hydrazone groups is 1. The molecule has 120 valence electrons. The third-order valence-corrected chi connectivity index (χ3v) is 3.58. The molecule has 6 heteroatoms. The van der Waals surface area contributed by atoms with Gasteiger partial charge >= 0.3 is 0 Å². The molecule has 0 aliphatic carbocycles. The van der Waals surface area contributed by atoms with Crippen LogP contribution in [0.5, 0.6) is 17.2 Å². The number of benzene rings is 1. The average Bonchev–Trinajstić information content (AvgIpc) is 2.83. The van der Waals surface area contributed by atoms with E-state index in [2.05, 4.69) is 15.5 Å². The topological polar surface area (TPSA) is 66.0 Å². The molecule has 1 aliphatic rings. The van der Waals surface area contributed by atoms with Crippen molar-refractivity contribution in [1.29, 1.82) is 0 Å². The van der Waals surface area contributed by atoms with Crippen LogP contribution in [0.4, 0.5) is 0 Å². The molecule has 0 atom stereocenters. The van der Waals surface area contributed by atoms with Crippen LogP contribution in [0.2, 0.25) is 0 Å². The van der Waals surface area contributed by atoms with Crippen LogP contribution >= 0.6 is 0 Å². The van der Waals surface area contributed by atoms with Crippen LogP contribution in [-0.2, 0) is 0 Å². The van der Waals surface area contributed by atoms with Crippen molar-refractivity contribution in [2.45, 2.75) is 25.7 Å². The number of ether oxygens (including phenoxy) is 3. The van der Waals surface area contributed by atoms with Crippen LogP contribution < -0.4 is 24.6 Å². The number of nitrogens with zero attached hydrogens (tertiary/aromatic N) is 1. The minimum atomic E-state index is 0.629. The van der Waals surface area contributed by atoms with Gasteiger partial charge in [0.25, 0.3) is 5.84 Å². The van der Waals surface area contributed by atoms with Gasteiger partial charge in [-0.05, 0) is 25.3 Å². The van der Waals surface area contributed by atoms with Crippen LogP contribution in [0.3, 0.4) is 0 Å². The maximum absolute atomic E-state index is 5.37. The van der Waals surface area contributed by atoms with Gasteiger partial charge in [0.15, 0.2) is 11.5 Å². The number of methoxy groups -OCH3 is 3. The maximum atomic E-state index is 5.37. The Morgan fingerprint density at radius 1 is 1.00 bits per heavy atom. The molecular weight excluding hydrogens is 282 g/mol. The molecule has 1 aromatic rings. The Labute approximate surface area is 131 Å². The van der Waals surface area contributed by atoms with Crippen molar-refractivity contribution in [3.63, 3.8) is 0 Å². The third-order valence-electron chi connectivity index (χ3n) is 3.58. The highest BCUT2D eigenvalue weighted by Gasteiger charge is 2.12. The summed E-state index contributed by atoms with van der Waals surface area (Å²) in [6.07, 6.45) is 6.37. The molecule has 0 saturated heterocycles. The number of nitrogens with one attached hydrogen (secondary N) is 2. The standard InChI is InChI=1S/C16H23N3O3/c1-20-13-10-15(22-3)14(21-2)9-12(13)11-18-19-16-7-5-4-6-8-17-16/h9-11H,4-8H2,1-3H3,(H,17,19)/p+1/b18-11+. The molecule has 0 amide bonds. The second kappa shape index (κ2) is 8.26. The SMILES string of the molecule is COc1cc(OC)c(OC)cc1/C=N/NC1=[NH+]CCCCC1. The fraction of sp³-hybridized carbons (Fsp3) is 0.500. The highest BCUT2D eigenvalue weighted by Crippen LogP contribution is 2.33. The van der Waals surface area contributed by atoms with Gasteiger partial charge in [-0.15, -0.1) is 0 Å². The van der Waals surface area contributed by atoms with E-state index in [0.717, 1.165) is 24.4 Å². The maximum Gasteiger partial charge on any atom is 0.267 e. The lowest BCUT2D eigenvalue weighted by Crippen LogP contribution is -2.75. The molecule has 0 bridgehead atoms. The van der Waals surface area contributed by atoms with Crippen molar-refractivity contribution in [2.75, 3.05) is 27.9 Å². The van der Waals surface area contributed by atoms with Gasteiger partial charge in [-0.25, -0.2) is 0 Å². The van der Waals surface area contributed by atoms with Gasteiger partial charge in [-0.2, -0.15) is 5.43 Å². The summed E-state index contributed by atoms with van der Waals surface area (Å²) in [4.78, 5) is 3.35. The second-order valence-electron chi connectivity index (χ2n) is 5.04. The predicted octanol–water partition coefficient (Wildman–Crippen LogP) is 0.689. The normalized spacial score (nSPS) is 15.1. The minimum absolute atomic E-state index is 0.629. The molecular formula is C16H24N3O3+. The van der Waals surface area contributed by atoms with Gasteiger partial charge in [0.2, 0.25) is 0 Å². The van der Waals surface area contributed by atoms with E-state index >= 15 is 0 Å². The molecule has 22 heavy (non-hydrogen) atoms.